The fourth-order valence-electron chi connectivity index (χ4n) is 1.87. The van der Waals surface area contributed by atoms with Gasteiger partial charge in [0.15, 0.2) is 5.96 Å². The Bertz CT molecular complexity index is 358. The Labute approximate surface area is 102 Å². The van der Waals surface area contributed by atoms with E-state index in [0.29, 0.717) is 18.5 Å². The van der Waals surface area contributed by atoms with E-state index in [1.165, 1.54) is 0 Å². The minimum atomic E-state index is 0.309. The first kappa shape index (κ1) is 11.9. The lowest BCUT2D eigenvalue weighted by Gasteiger charge is -2.23. The highest BCUT2D eigenvalue weighted by molar-refractivity contribution is 5.78. The quantitative estimate of drug-likeness (QED) is 0.610. The van der Waals surface area contributed by atoms with Crippen LogP contribution in [0.4, 0.5) is 0 Å². The van der Waals surface area contributed by atoms with Gasteiger partial charge in [0.25, 0.3) is 0 Å². The number of benzene rings is 1. The highest BCUT2D eigenvalue weighted by Gasteiger charge is 2.13. The number of hydrogen-bond donors (Lipinski definition) is 2. The summed E-state index contributed by atoms with van der Waals surface area (Å²) in [4.78, 5) is 4.32. The van der Waals surface area contributed by atoms with Gasteiger partial charge in [-0.2, -0.15) is 0 Å². The standard InChI is InChI=1S/C13H19N3O/c14-13(16-12-7-4-8-17-10-12)15-9-11-5-2-1-3-6-11/h1-3,5-6,12H,4,7-10H2,(H3,14,15,16). The minimum absolute atomic E-state index is 0.309. The van der Waals surface area contributed by atoms with E-state index >= 15 is 0 Å². The Kier molecular flexibility index (Phi) is 4.38. The van der Waals surface area contributed by atoms with Crippen molar-refractivity contribution in [2.24, 2.45) is 10.7 Å². The number of hydrogen-bond acceptors (Lipinski definition) is 2. The van der Waals surface area contributed by atoms with Gasteiger partial charge in [-0.15, -0.1) is 0 Å². The summed E-state index contributed by atoms with van der Waals surface area (Å²) in [6, 6.07) is 10.4. The van der Waals surface area contributed by atoms with Gasteiger partial charge < -0.3 is 15.8 Å². The largest absolute Gasteiger partial charge is 0.379 e. The SMILES string of the molecule is NC(=NCc1ccccc1)NC1CCCOC1. The molecular formula is C13H19N3O. The Hall–Kier alpha value is -1.55. The van der Waals surface area contributed by atoms with Crippen LogP contribution in [0.3, 0.4) is 0 Å². The lowest BCUT2D eigenvalue weighted by Crippen LogP contribution is -2.44. The Morgan fingerprint density at radius 2 is 2.24 bits per heavy atom. The van der Waals surface area contributed by atoms with Crippen molar-refractivity contribution in [2.75, 3.05) is 13.2 Å². The topological polar surface area (TPSA) is 59.6 Å². The molecule has 0 aromatic heterocycles. The van der Waals surface area contributed by atoms with Crippen molar-refractivity contribution >= 4 is 5.96 Å². The van der Waals surface area contributed by atoms with Crippen LogP contribution in [0.25, 0.3) is 0 Å². The van der Waals surface area contributed by atoms with Crippen molar-refractivity contribution < 1.29 is 4.74 Å². The van der Waals surface area contributed by atoms with Crippen LogP contribution in [-0.2, 0) is 11.3 Å². The molecule has 1 fully saturated rings. The molecular weight excluding hydrogens is 214 g/mol. The molecule has 0 aliphatic carbocycles. The zero-order valence-corrected chi connectivity index (χ0v) is 9.93. The molecule has 1 aliphatic heterocycles. The van der Waals surface area contributed by atoms with Gasteiger partial charge in [-0.25, -0.2) is 4.99 Å². The Balaban J connectivity index is 1.80. The molecule has 4 nitrogen and oxygen atoms in total. The van der Waals surface area contributed by atoms with E-state index in [0.717, 1.165) is 31.6 Å². The van der Waals surface area contributed by atoms with E-state index in [9.17, 15) is 0 Å². The summed E-state index contributed by atoms with van der Waals surface area (Å²) in [6.45, 7) is 2.20. The molecule has 1 aliphatic rings. The number of aliphatic imine (C=N–C) groups is 1. The monoisotopic (exact) mass is 233 g/mol. The molecule has 92 valence electrons. The molecule has 1 atom stereocenters. The average Bonchev–Trinajstić information content (AvgIpc) is 2.39. The van der Waals surface area contributed by atoms with Gasteiger partial charge in [0.1, 0.15) is 0 Å². The van der Waals surface area contributed by atoms with Gasteiger partial charge >= 0.3 is 0 Å². The third-order valence-corrected chi connectivity index (χ3v) is 2.79. The molecule has 0 bridgehead atoms. The van der Waals surface area contributed by atoms with E-state index in [-0.39, 0.29) is 0 Å². The van der Waals surface area contributed by atoms with E-state index in [1.807, 2.05) is 30.3 Å². The number of ether oxygens (including phenoxy) is 1. The summed E-state index contributed by atoms with van der Waals surface area (Å²) in [5.74, 6) is 0.504. The van der Waals surface area contributed by atoms with Crippen molar-refractivity contribution in [1.29, 1.82) is 0 Å². The van der Waals surface area contributed by atoms with Crippen LogP contribution in [-0.4, -0.2) is 25.2 Å². The number of rotatable bonds is 3. The van der Waals surface area contributed by atoms with E-state index in [2.05, 4.69) is 10.3 Å². The molecule has 1 unspecified atom stereocenters. The van der Waals surface area contributed by atoms with Gasteiger partial charge in [-0.05, 0) is 18.4 Å². The van der Waals surface area contributed by atoms with Crippen LogP contribution in [0.5, 0.6) is 0 Å². The summed E-state index contributed by atoms with van der Waals surface area (Å²) < 4.78 is 5.37. The zero-order chi connectivity index (χ0) is 11.9. The van der Waals surface area contributed by atoms with E-state index in [1.54, 1.807) is 0 Å². The van der Waals surface area contributed by atoms with Crippen molar-refractivity contribution in [3.63, 3.8) is 0 Å². The second-order valence-corrected chi connectivity index (χ2v) is 4.25. The lowest BCUT2D eigenvalue weighted by atomic mass is 10.1. The normalized spacial score (nSPS) is 21.2. The maximum Gasteiger partial charge on any atom is 0.189 e. The maximum absolute atomic E-state index is 5.84. The van der Waals surface area contributed by atoms with Gasteiger partial charge in [-0.3, -0.25) is 0 Å². The zero-order valence-electron chi connectivity index (χ0n) is 9.93. The predicted molar refractivity (Wildman–Crippen MR) is 68.7 cm³/mol. The van der Waals surface area contributed by atoms with E-state index in [4.69, 9.17) is 10.5 Å². The first-order valence-corrected chi connectivity index (χ1v) is 6.03. The van der Waals surface area contributed by atoms with Crippen LogP contribution in [0.2, 0.25) is 0 Å². The van der Waals surface area contributed by atoms with Crippen molar-refractivity contribution in [2.45, 2.75) is 25.4 Å². The van der Waals surface area contributed by atoms with Crippen LogP contribution in [0.15, 0.2) is 35.3 Å². The fraction of sp³-hybridized carbons (Fsp3) is 0.462. The molecule has 4 heteroatoms. The Morgan fingerprint density at radius 3 is 2.94 bits per heavy atom. The molecule has 0 saturated carbocycles. The smallest absolute Gasteiger partial charge is 0.189 e. The van der Waals surface area contributed by atoms with Gasteiger partial charge in [0.2, 0.25) is 0 Å². The molecule has 0 amide bonds. The van der Waals surface area contributed by atoms with Gasteiger partial charge in [-0.1, -0.05) is 30.3 Å². The highest BCUT2D eigenvalue weighted by Crippen LogP contribution is 2.05. The minimum Gasteiger partial charge on any atom is -0.379 e. The predicted octanol–water partition coefficient (Wildman–Crippen LogP) is 1.27. The third-order valence-electron chi connectivity index (χ3n) is 2.79. The molecule has 1 saturated heterocycles. The summed E-state index contributed by atoms with van der Waals surface area (Å²) in [5.41, 5.74) is 7.00. The number of nitrogens with two attached hydrogens (primary N) is 1. The molecule has 1 aromatic carbocycles. The molecule has 2 rings (SSSR count). The molecule has 0 radical (unpaired) electrons. The number of nitrogens with zero attached hydrogens (tertiary/aromatic N) is 1. The third kappa shape index (κ3) is 4.07. The molecule has 0 spiro atoms. The van der Waals surface area contributed by atoms with Crippen molar-refractivity contribution in [3.8, 4) is 0 Å². The summed E-state index contributed by atoms with van der Waals surface area (Å²) in [5, 5.41) is 3.19. The highest BCUT2D eigenvalue weighted by atomic mass is 16.5. The van der Waals surface area contributed by atoms with E-state index < -0.39 is 0 Å². The summed E-state index contributed by atoms with van der Waals surface area (Å²) in [6.07, 6.45) is 2.19. The molecule has 1 heterocycles. The first-order chi connectivity index (χ1) is 8.34. The van der Waals surface area contributed by atoms with Gasteiger partial charge in [0.05, 0.1) is 19.2 Å². The second kappa shape index (κ2) is 6.25. The Morgan fingerprint density at radius 1 is 1.41 bits per heavy atom. The number of guanidine groups is 1. The first-order valence-electron chi connectivity index (χ1n) is 6.03. The molecule has 17 heavy (non-hydrogen) atoms. The van der Waals surface area contributed by atoms with Crippen LogP contribution < -0.4 is 11.1 Å². The summed E-state index contributed by atoms with van der Waals surface area (Å²) >= 11 is 0. The maximum atomic E-state index is 5.84. The van der Waals surface area contributed by atoms with Crippen molar-refractivity contribution in [1.82, 2.24) is 5.32 Å². The molecule has 3 N–H and O–H groups in total. The second-order valence-electron chi connectivity index (χ2n) is 4.25. The lowest BCUT2D eigenvalue weighted by molar-refractivity contribution is 0.0763. The molecule has 1 aromatic rings. The average molecular weight is 233 g/mol. The fourth-order valence-corrected chi connectivity index (χ4v) is 1.87. The van der Waals surface area contributed by atoms with Crippen LogP contribution >= 0.6 is 0 Å². The van der Waals surface area contributed by atoms with Crippen molar-refractivity contribution in [3.05, 3.63) is 35.9 Å². The van der Waals surface area contributed by atoms with Gasteiger partial charge in [0, 0.05) is 6.61 Å². The summed E-state index contributed by atoms with van der Waals surface area (Å²) in [7, 11) is 0. The van der Waals surface area contributed by atoms with Crippen LogP contribution in [0, 0.1) is 0 Å². The number of nitrogens with one attached hydrogen (secondary N) is 1. The van der Waals surface area contributed by atoms with Crippen LogP contribution in [0.1, 0.15) is 18.4 Å².